The summed E-state index contributed by atoms with van der Waals surface area (Å²) in [6.45, 7) is 1.06. The van der Waals surface area contributed by atoms with Crippen LogP contribution in [0.25, 0.3) is 10.9 Å². The smallest absolute Gasteiger partial charge is 0.352 e. The fourth-order valence-electron chi connectivity index (χ4n) is 2.96. The van der Waals surface area contributed by atoms with Gasteiger partial charge in [0.25, 0.3) is 5.56 Å². The van der Waals surface area contributed by atoms with Gasteiger partial charge in [0, 0.05) is 24.0 Å². The first-order chi connectivity index (χ1) is 11.9. The molecule has 10 heteroatoms. The topological polar surface area (TPSA) is 123 Å². The number of morpholine rings is 1. The highest BCUT2D eigenvalue weighted by atomic mass is 32.2. The van der Waals surface area contributed by atoms with Crippen LogP contribution in [0, 0.1) is 0 Å². The van der Waals surface area contributed by atoms with Crippen molar-refractivity contribution in [2.45, 2.75) is 4.90 Å². The van der Waals surface area contributed by atoms with Crippen molar-refractivity contribution >= 4 is 32.9 Å². The molecule has 9 nitrogen and oxygen atoms in total. The zero-order valence-electron chi connectivity index (χ0n) is 12.8. The zero-order chi connectivity index (χ0) is 17.8. The summed E-state index contributed by atoms with van der Waals surface area (Å²) in [5, 5.41) is 0.153. The summed E-state index contributed by atoms with van der Waals surface area (Å²) < 4.78 is 36.4. The van der Waals surface area contributed by atoms with Crippen molar-refractivity contribution < 1.29 is 27.5 Å². The van der Waals surface area contributed by atoms with Crippen molar-refractivity contribution in [3.63, 3.8) is 0 Å². The Bertz CT molecular complexity index is 1080. The number of sulfonamides is 1. The van der Waals surface area contributed by atoms with E-state index in [1.165, 1.54) is 22.5 Å². The SMILES string of the molecule is O=C1OC(=O)c2c1c(=O)[nH]c1ccc(S(=O)(=O)N3CCOCC3)cc21. The molecule has 4 rings (SSSR count). The van der Waals surface area contributed by atoms with Crippen LogP contribution in [0.3, 0.4) is 0 Å². The molecule has 0 spiro atoms. The Morgan fingerprint density at radius 2 is 1.68 bits per heavy atom. The third-order valence-corrected chi connectivity index (χ3v) is 6.08. The minimum absolute atomic E-state index is 0.0386. The molecular weight excluding hydrogens is 352 g/mol. The van der Waals surface area contributed by atoms with Crippen LogP contribution in [0.5, 0.6) is 0 Å². The number of benzene rings is 1. The van der Waals surface area contributed by atoms with Gasteiger partial charge in [-0.25, -0.2) is 18.0 Å². The number of rotatable bonds is 2. The lowest BCUT2D eigenvalue weighted by Gasteiger charge is -2.26. The predicted octanol–water partition coefficient (Wildman–Crippen LogP) is -0.140. The van der Waals surface area contributed by atoms with Crippen molar-refractivity contribution in [1.29, 1.82) is 0 Å². The van der Waals surface area contributed by atoms with Crippen molar-refractivity contribution in [2.75, 3.05) is 26.3 Å². The number of aromatic amines is 1. The van der Waals surface area contributed by atoms with E-state index in [1.54, 1.807) is 0 Å². The number of nitrogens with zero attached hydrogens (tertiary/aromatic N) is 1. The molecule has 0 unspecified atom stereocenters. The molecule has 1 saturated heterocycles. The summed E-state index contributed by atoms with van der Waals surface area (Å²) >= 11 is 0. The first-order valence-corrected chi connectivity index (χ1v) is 8.88. The second-order valence-electron chi connectivity index (χ2n) is 5.60. The highest BCUT2D eigenvalue weighted by molar-refractivity contribution is 7.89. The molecule has 0 amide bonds. The molecule has 0 bridgehead atoms. The Balaban J connectivity index is 1.93. The van der Waals surface area contributed by atoms with Gasteiger partial charge < -0.3 is 14.5 Å². The lowest BCUT2D eigenvalue weighted by atomic mass is 10.1. The van der Waals surface area contributed by atoms with Gasteiger partial charge in [-0.2, -0.15) is 4.31 Å². The van der Waals surface area contributed by atoms with Crippen molar-refractivity contribution in [3.8, 4) is 0 Å². The van der Waals surface area contributed by atoms with E-state index < -0.39 is 33.1 Å². The second-order valence-corrected chi connectivity index (χ2v) is 7.54. The lowest BCUT2D eigenvalue weighted by Crippen LogP contribution is -2.40. The van der Waals surface area contributed by atoms with E-state index in [2.05, 4.69) is 9.72 Å². The monoisotopic (exact) mass is 364 g/mol. The van der Waals surface area contributed by atoms with E-state index >= 15 is 0 Å². The molecule has 2 aliphatic heterocycles. The Morgan fingerprint density at radius 3 is 2.40 bits per heavy atom. The van der Waals surface area contributed by atoms with Crippen LogP contribution in [0.1, 0.15) is 20.7 Å². The molecule has 1 N–H and O–H groups in total. The van der Waals surface area contributed by atoms with Gasteiger partial charge in [0.2, 0.25) is 10.0 Å². The van der Waals surface area contributed by atoms with E-state index in [9.17, 15) is 22.8 Å². The minimum atomic E-state index is -3.79. The molecule has 3 heterocycles. The standard InChI is InChI=1S/C15H12N2O7S/c18-13-12-11(14(19)24-15(12)20)9-7-8(1-2-10(9)16-13)25(21,22)17-3-5-23-6-4-17/h1-2,7H,3-6H2,(H,16,18). The number of H-pyrrole nitrogens is 1. The lowest BCUT2D eigenvalue weighted by molar-refractivity contribution is 0.0444. The zero-order valence-corrected chi connectivity index (χ0v) is 13.6. The summed E-state index contributed by atoms with van der Waals surface area (Å²) in [5.74, 6) is -2.00. The molecule has 130 valence electrons. The maximum atomic E-state index is 12.8. The largest absolute Gasteiger partial charge is 0.385 e. The van der Waals surface area contributed by atoms with Gasteiger partial charge in [-0.15, -0.1) is 0 Å². The number of nitrogens with one attached hydrogen (secondary N) is 1. The average Bonchev–Trinajstić information content (AvgIpc) is 2.91. The molecule has 2 aliphatic rings. The van der Waals surface area contributed by atoms with Crippen LogP contribution in [-0.2, 0) is 19.5 Å². The van der Waals surface area contributed by atoms with Crippen molar-refractivity contribution in [1.82, 2.24) is 9.29 Å². The first-order valence-electron chi connectivity index (χ1n) is 7.44. The van der Waals surface area contributed by atoms with Gasteiger partial charge in [-0.05, 0) is 18.2 Å². The Morgan fingerprint density at radius 1 is 1.00 bits per heavy atom. The van der Waals surface area contributed by atoms with Crippen LogP contribution >= 0.6 is 0 Å². The van der Waals surface area contributed by atoms with Crippen LogP contribution < -0.4 is 5.56 Å². The highest BCUT2D eigenvalue weighted by Gasteiger charge is 2.35. The molecule has 25 heavy (non-hydrogen) atoms. The number of cyclic esters (lactones) is 2. The van der Waals surface area contributed by atoms with Gasteiger partial charge in [-0.3, -0.25) is 4.79 Å². The molecule has 2 aromatic rings. The number of hydrogen-bond acceptors (Lipinski definition) is 7. The molecule has 1 aromatic carbocycles. The summed E-state index contributed by atoms with van der Waals surface area (Å²) in [5.41, 5.74) is -1.11. The van der Waals surface area contributed by atoms with E-state index in [0.717, 1.165) is 0 Å². The number of ether oxygens (including phenoxy) is 2. The van der Waals surface area contributed by atoms with Gasteiger partial charge in [-0.1, -0.05) is 0 Å². The maximum Gasteiger partial charge on any atom is 0.352 e. The number of pyridine rings is 1. The number of hydrogen-bond donors (Lipinski definition) is 1. The highest BCUT2D eigenvalue weighted by Crippen LogP contribution is 2.28. The summed E-state index contributed by atoms with van der Waals surface area (Å²) in [7, 11) is -3.79. The molecular formula is C15H12N2O7S. The van der Waals surface area contributed by atoms with Gasteiger partial charge in [0.1, 0.15) is 5.56 Å². The molecule has 0 radical (unpaired) electrons. The molecule has 0 saturated carbocycles. The molecule has 1 aromatic heterocycles. The van der Waals surface area contributed by atoms with Gasteiger partial charge in [0.15, 0.2) is 0 Å². The van der Waals surface area contributed by atoms with Crippen LogP contribution in [0.4, 0.5) is 0 Å². The Kier molecular flexibility index (Phi) is 3.49. The third kappa shape index (κ3) is 2.37. The van der Waals surface area contributed by atoms with Gasteiger partial charge >= 0.3 is 11.9 Å². The number of carbonyl (C=O) groups excluding carboxylic acids is 2. The Labute approximate surface area is 141 Å². The number of fused-ring (bicyclic) bond motifs is 3. The fraction of sp³-hybridized carbons (Fsp3) is 0.267. The van der Waals surface area contributed by atoms with Crippen molar-refractivity contribution in [2.24, 2.45) is 0 Å². The van der Waals surface area contributed by atoms with Crippen LogP contribution in [-0.4, -0.2) is 55.9 Å². The molecule has 0 atom stereocenters. The first kappa shape index (κ1) is 15.9. The average molecular weight is 364 g/mol. The molecule has 1 fully saturated rings. The quantitative estimate of drug-likeness (QED) is 0.581. The Hall–Kier alpha value is -2.56. The van der Waals surface area contributed by atoms with Crippen molar-refractivity contribution in [3.05, 3.63) is 39.7 Å². The fourth-order valence-corrected chi connectivity index (χ4v) is 4.40. The van der Waals surface area contributed by atoms with E-state index in [4.69, 9.17) is 4.74 Å². The van der Waals surface area contributed by atoms with E-state index in [-0.39, 0.29) is 34.5 Å². The van der Waals surface area contributed by atoms with Gasteiger partial charge in [0.05, 0.1) is 23.7 Å². The number of carbonyl (C=O) groups is 2. The summed E-state index contributed by atoms with van der Waals surface area (Å²) in [6.07, 6.45) is 0. The van der Waals surface area contributed by atoms with Crippen LogP contribution in [0.15, 0.2) is 27.9 Å². The molecule has 0 aliphatic carbocycles. The normalized spacial score (nSPS) is 18.4. The third-order valence-electron chi connectivity index (χ3n) is 4.19. The van der Waals surface area contributed by atoms with Crippen LogP contribution in [0.2, 0.25) is 0 Å². The van der Waals surface area contributed by atoms with E-state index in [1.807, 2.05) is 0 Å². The predicted molar refractivity (Wildman–Crippen MR) is 83.9 cm³/mol. The number of esters is 2. The maximum absolute atomic E-state index is 12.8. The number of aromatic nitrogens is 1. The second kappa shape index (κ2) is 5.48. The van der Waals surface area contributed by atoms with E-state index in [0.29, 0.717) is 13.2 Å². The minimum Gasteiger partial charge on any atom is -0.385 e. The summed E-state index contributed by atoms with van der Waals surface area (Å²) in [4.78, 5) is 38.0. The summed E-state index contributed by atoms with van der Waals surface area (Å²) in [6, 6.07) is 4.01.